The second-order valence-corrected chi connectivity index (χ2v) is 9.81. The van der Waals surface area contributed by atoms with Crippen molar-refractivity contribution in [3.05, 3.63) is 53.6 Å². The van der Waals surface area contributed by atoms with E-state index >= 15 is 0 Å². The van der Waals surface area contributed by atoms with Crippen molar-refractivity contribution in [3.63, 3.8) is 0 Å². The van der Waals surface area contributed by atoms with E-state index in [1.54, 1.807) is 13.2 Å². The van der Waals surface area contributed by atoms with Crippen LogP contribution in [0.15, 0.2) is 42.5 Å². The molecule has 1 N–H and O–H groups in total. The normalized spacial score (nSPS) is 22.3. The van der Waals surface area contributed by atoms with Crippen molar-refractivity contribution in [1.82, 2.24) is 10.2 Å². The van der Waals surface area contributed by atoms with Gasteiger partial charge in [-0.25, -0.2) is 0 Å². The summed E-state index contributed by atoms with van der Waals surface area (Å²) >= 11 is 0. The molecule has 200 valence electrons. The number of hydrogen-bond donors (Lipinski definition) is 1. The minimum absolute atomic E-state index is 0.112. The lowest BCUT2D eigenvalue weighted by Gasteiger charge is -2.49. The van der Waals surface area contributed by atoms with Crippen LogP contribution in [0.4, 0.5) is 24.5 Å². The van der Waals surface area contributed by atoms with Crippen LogP contribution in [0.25, 0.3) is 0 Å². The Morgan fingerprint density at radius 2 is 1.92 bits per heavy atom. The maximum absolute atomic E-state index is 13.5. The lowest BCUT2D eigenvalue weighted by atomic mass is 9.82. The number of nitrogens with one attached hydrogen (secondary N) is 1. The Bertz CT molecular complexity index is 1110. The van der Waals surface area contributed by atoms with Crippen molar-refractivity contribution in [2.75, 3.05) is 75.9 Å². The van der Waals surface area contributed by atoms with E-state index in [1.807, 2.05) is 24.3 Å². The van der Waals surface area contributed by atoms with E-state index in [2.05, 4.69) is 20.0 Å². The summed E-state index contributed by atoms with van der Waals surface area (Å²) in [5.41, 5.74) is 1.70. The average Bonchev–Trinajstić information content (AvgIpc) is 2.92. The number of amides is 1. The predicted molar refractivity (Wildman–Crippen MR) is 135 cm³/mol. The number of hydrogen-bond acceptors (Lipinski definition) is 6. The van der Waals surface area contributed by atoms with E-state index < -0.39 is 17.7 Å². The number of ether oxygens (including phenoxy) is 2. The van der Waals surface area contributed by atoms with Crippen LogP contribution in [0.2, 0.25) is 0 Å². The first kappa shape index (κ1) is 25.7. The molecule has 37 heavy (non-hydrogen) atoms. The van der Waals surface area contributed by atoms with Gasteiger partial charge in [-0.3, -0.25) is 9.69 Å². The fourth-order valence-corrected chi connectivity index (χ4v) is 5.63. The van der Waals surface area contributed by atoms with Crippen molar-refractivity contribution < 1.29 is 27.4 Å². The maximum Gasteiger partial charge on any atom is 0.416 e. The van der Waals surface area contributed by atoms with Crippen molar-refractivity contribution in [1.29, 1.82) is 0 Å². The Morgan fingerprint density at radius 3 is 2.68 bits per heavy atom. The smallest absolute Gasteiger partial charge is 0.416 e. The van der Waals surface area contributed by atoms with Crippen LogP contribution >= 0.6 is 0 Å². The Hall–Kier alpha value is -2.98. The molecule has 3 aliphatic rings. The third-order valence-electron chi connectivity index (χ3n) is 7.63. The predicted octanol–water partition coefficient (Wildman–Crippen LogP) is 3.03. The molecule has 2 fully saturated rings. The maximum atomic E-state index is 13.5. The van der Waals surface area contributed by atoms with Crippen LogP contribution in [0.3, 0.4) is 0 Å². The molecule has 10 heteroatoms. The Balaban J connectivity index is 1.37. The topological polar surface area (TPSA) is 57.3 Å². The first-order valence-corrected chi connectivity index (χ1v) is 12.8. The third-order valence-corrected chi connectivity index (χ3v) is 7.63. The van der Waals surface area contributed by atoms with E-state index in [9.17, 15) is 18.0 Å². The minimum Gasteiger partial charge on any atom is -0.497 e. The molecule has 2 aromatic rings. The summed E-state index contributed by atoms with van der Waals surface area (Å²) in [5, 5.41) is 3.07. The monoisotopic (exact) mass is 518 g/mol. The highest BCUT2D eigenvalue weighted by Gasteiger charge is 2.42. The third kappa shape index (κ3) is 5.65. The van der Waals surface area contributed by atoms with E-state index in [4.69, 9.17) is 9.47 Å². The van der Waals surface area contributed by atoms with Gasteiger partial charge in [0.1, 0.15) is 5.75 Å². The number of morpholine rings is 1. The van der Waals surface area contributed by atoms with Gasteiger partial charge in [0.2, 0.25) is 5.91 Å². The number of halogens is 3. The standard InChI is InChI=1S/C27H33F3N4O3/c1-36-22-4-2-3-21(17-22)33-9-10-34-24-6-5-20(27(28,29)30)15-19(24)16-23(25(34)18-33)26(35)31-7-8-32-11-13-37-14-12-32/h2-6,15,17,23,25H,7-14,16,18H2,1H3,(H,31,35)/t23-,25-/m0/s1. The molecule has 3 heterocycles. The van der Waals surface area contributed by atoms with E-state index in [0.29, 0.717) is 45.0 Å². The van der Waals surface area contributed by atoms with Gasteiger partial charge in [0.05, 0.1) is 37.8 Å². The van der Waals surface area contributed by atoms with Crippen LogP contribution in [-0.4, -0.2) is 83.0 Å². The first-order valence-electron chi connectivity index (χ1n) is 12.8. The number of fused-ring (bicyclic) bond motifs is 3. The quantitative estimate of drug-likeness (QED) is 0.635. The summed E-state index contributed by atoms with van der Waals surface area (Å²) in [7, 11) is 1.63. The molecule has 0 bridgehead atoms. The highest BCUT2D eigenvalue weighted by molar-refractivity contribution is 5.82. The molecular weight excluding hydrogens is 485 g/mol. The number of benzene rings is 2. The molecule has 7 nitrogen and oxygen atoms in total. The zero-order valence-corrected chi connectivity index (χ0v) is 21.0. The molecule has 3 aliphatic heterocycles. The van der Waals surface area contributed by atoms with Gasteiger partial charge in [-0.1, -0.05) is 6.07 Å². The molecule has 0 spiro atoms. The van der Waals surface area contributed by atoms with E-state index in [-0.39, 0.29) is 18.4 Å². The Morgan fingerprint density at radius 1 is 1.11 bits per heavy atom. The second-order valence-electron chi connectivity index (χ2n) is 9.81. The van der Waals surface area contributed by atoms with Crippen molar-refractivity contribution in [2.45, 2.75) is 18.6 Å². The van der Waals surface area contributed by atoms with Crippen LogP contribution in [-0.2, 0) is 22.1 Å². The largest absolute Gasteiger partial charge is 0.497 e. The molecule has 0 aliphatic carbocycles. The van der Waals surface area contributed by atoms with Gasteiger partial charge in [0.15, 0.2) is 0 Å². The molecule has 0 unspecified atom stereocenters. The van der Waals surface area contributed by atoms with Crippen LogP contribution in [0.1, 0.15) is 11.1 Å². The first-order chi connectivity index (χ1) is 17.8. The Labute approximate surface area is 215 Å². The van der Waals surface area contributed by atoms with Gasteiger partial charge < -0.3 is 24.6 Å². The van der Waals surface area contributed by atoms with Crippen molar-refractivity contribution >= 4 is 17.3 Å². The van der Waals surface area contributed by atoms with Crippen molar-refractivity contribution in [2.24, 2.45) is 5.92 Å². The lowest BCUT2D eigenvalue weighted by molar-refractivity contribution is -0.137. The highest BCUT2D eigenvalue weighted by atomic mass is 19.4. The second kappa shape index (κ2) is 10.8. The number of piperazine rings is 1. The number of rotatable bonds is 6. The molecule has 1 amide bonds. The van der Waals surface area contributed by atoms with Gasteiger partial charge in [0.25, 0.3) is 0 Å². The fourth-order valence-electron chi connectivity index (χ4n) is 5.63. The number of carbonyl (C=O) groups is 1. The Kier molecular flexibility index (Phi) is 7.48. The number of alkyl halides is 3. The molecule has 0 saturated carbocycles. The van der Waals surface area contributed by atoms with Gasteiger partial charge >= 0.3 is 6.18 Å². The molecule has 2 atom stereocenters. The molecule has 2 aromatic carbocycles. The van der Waals surface area contributed by atoms with Crippen LogP contribution in [0, 0.1) is 5.92 Å². The number of methoxy groups -OCH3 is 1. The van der Waals surface area contributed by atoms with Gasteiger partial charge in [0, 0.05) is 63.3 Å². The molecular formula is C27H33F3N4O3. The zero-order valence-electron chi connectivity index (χ0n) is 21.0. The van der Waals surface area contributed by atoms with Gasteiger partial charge in [-0.05, 0) is 42.3 Å². The minimum atomic E-state index is -4.42. The summed E-state index contributed by atoms with van der Waals surface area (Å²) in [6, 6.07) is 11.6. The summed E-state index contributed by atoms with van der Waals surface area (Å²) < 4.78 is 51.2. The van der Waals surface area contributed by atoms with Crippen molar-refractivity contribution in [3.8, 4) is 5.75 Å². The zero-order chi connectivity index (χ0) is 26.0. The molecule has 0 aromatic heterocycles. The van der Waals surface area contributed by atoms with E-state index in [1.165, 1.54) is 6.07 Å². The number of nitrogens with zero attached hydrogens (tertiary/aromatic N) is 3. The summed E-state index contributed by atoms with van der Waals surface area (Å²) in [5.74, 6) is 0.180. The SMILES string of the molecule is COc1cccc(N2CCN3c4ccc(C(F)(F)F)cc4C[C@H](C(=O)NCCN4CCOCC4)[C@@H]3C2)c1. The number of carbonyl (C=O) groups excluding carboxylic acids is 1. The van der Waals surface area contributed by atoms with Crippen LogP contribution < -0.4 is 19.9 Å². The summed E-state index contributed by atoms with van der Waals surface area (Å²) in [4.78, 5) is 20.1. The summed E-state index contributed by atoms with van der Waals surface area (Å²) in [6.07, 6.45) is -4.15. The van der Waals surface area contributed by atoms with Gasteiger partial charge in [-0.2, -0.15) is 13.2 Å². The average molecular weight is 519 g/mol. The molecule has 2 saturated heterocycles. The fraction of sp³-hybridized carbons (Fsp3) is 0.519. The summed E-state index contributed by atoms with van der Waals surface area (Å²) in [6.45, 7) is 6.15. The van der Waals surface area contributed by atoms with E-state index in [0.717, 1.165) is 42.8 Å². The molecule has 5 rings (SSSR count). The van der Waals surface area contributed by atoms with Gasteiger partial charge in [-0.15, -0.1) is 0 Å². The highest BCUT2D eigenvalue weighted by Crippen LogP contribution is 2.40. The number of anilines is 2. The molecule has 0 radical (unpaired) electrons. The van der Waals surface area contributed by atoms with Crippen LogP contribution in [0.5, 0.6) is 5.75 Å². The lowest BCUT2D eigenvalue weighted by Crippen LogP contribution is -2.61.